The minimum absolute atomic E-state index is 0.00761. The Hall–Kier alpha value is -1.56. The van der Waals surface area contributed by atoms with Crippen LogP contribution in [0, 0.1) is 5.92 Å². The zero-order chi connectivity index (χ0) is 14.5. The summed E-state index contributed by atoms with van der Waals surface area (Å²) in [7, 11) is 1.75. The SMILES string of the molecule is C[C@@H](CNC(=O)N[C@H]1CCN(C)C1=O)Cc1cccs1. The van der Waals surface area contributed by atoms with Crippen molar-refractivity contribution < 1.29 is 9.59 Å². The van der Waals surface area contributed by atoms with E-state index >= 15 is 0 Å². The number of likely N-dealkylation sites (N-methyl/N-ethyl adjacent to an activating group) is 1. The highest BCUT2D eigenvalue weighted by Gasteiger charge is 2.30. The van der Waals surface area contributed by atoms with Crippen molar-refractivity contribution in [2.45, 2.75) is 25.8 Å². The molecule has 1 aliphatic heterocycles. The molecule has 1 aliphatic rings. The molecule has 0 aliphatic carbocycles. The molecule has 1 aromatic rings. The summed E-state index contributed by atoms with van der Waals surface area (Å²) in [6, 6.07) is 3.52. The Labute approximate surface area is 123 Å². The molecule has 0 bridgehead atoms. The van der Waals surface area contributed by atoms with Gasteiger partial charge in [-0.25, -0.2) is 4.79 Å². The molecule has 1 aromatic heterocycles. The van der Waals surface area contributed by atoms with Gasteiger partial charge in [-0.2, -0.15) is 0 Å². The maximum absolute atomic E-state index is 11.8. The highest BCUT2D eigenvalue weighted by Crippen LogP contribution is 2.13. The average molecular weight is 295 g/mol. The van der Waals surface area contributed by atoms with E-state index in [-0.39, 0.29) is 18.0 Å². The van der Waals surface area contributed by atoms with E-state index in [1.54, 1.807) is 23.3 Å². The Morgan fingerprint density at radius 2 is 2.40 bits per heavy atom. The van der Waals surface area contributed by atoms with Gasteiger partial charge in [-0.1, -0.05) is 13.0 Å². The fraction of sp³-hybridized carbons (Fsp3) is 0.571. The highest BCUT2D eigenvalue weighted by molar-refractivity contribution is 7.09. The van der Waals surface area contributed by atoms with Gasteiger partial charge < -0.3 is 15.5 Å². The Kier molecular flexibility index (Phi) is 5.00. The van der Waals surface area contributed by atoms with Crippen molar-refractivity contribution >= 4 is 23.3 Å². The number of rotatable bonds is 5. The third kappa shape index (κ3) is 3.96. The first-order chi connectivity index (χ1) is 9.56. The van der Waals surface area contributed by atoms with E-state index in [9.17, 15) is 9.59 Å². The topological polar surface area (TPSA) is 61.4 Å². The molecule has 2 atom stereocenters. The van der Waals surface area contributed by atoms with Crippen LogP contribution < -0.4 is 10.6 Å². The molecule has 0 aromatic carbocycles. The number of nitrogens with one attached hydrogen (secondary N) is 2. The van der Waals surface area contributed by atoms with Crippen LogP contribution in [0.15, 0.2) is 17.5 Å². The number of hydrogen-bond donors (Lipinski definition) is 2. The Balaban J connectivity index is 1.68. The first-order valence-corrected chi connectivity index (χ1v) is 7.76. The lowest BCUT2D eigenvalue weighted by atomic mass is 10.1. The second-order valence-corrected chi connectivity index (χ2v) is 6.38. The standard InChI is InChI=1S/C14H21N3O2S/c1-10(8-11-4-3-7-20-11)9-15-14(19)16-12-5-6-17(2)13(12)18/h3-4,7,10,12H,5-6,8-9H2,1-2H3,(H2,15,16,19)/t10-,12+/m1/s1. The molecule has 6 heteroatoms. The minimum atomic E-state index is -0.368. The van der Waals surface area contributed by atoms with Crippen LogP contribution in [-0.2, 0) is 11.2 Å². The Bertz CT molecular complexity index is 461. The predicted octanol–water partition coefficient (Wildman–Crippen LogP) is 1.46. The van der Waals surface area contributed by atoms with E-state index in [1.165, 1.54) is 4.88 Å². The summed E-state index contributed by atoms with van der Waals surface area (Å²) in [5.74, 6) is 0.369. The van der Waals surface area contributed by atoms with E-state index in [0.29, 0.717) is 25.4 Å². The number of carbonyl (C=O) groups excluding carboxylic acids is 2. The number of carbonyl (C=O) groups is 2. The predicted molar refractivity (Wildman–Crippen MR) is 79.8 cm³/mol. The lowest BCUT2D eigenvalue weighted by Crippen LogP contribution is -2.46. The summed E-state index contributed by atoms with van der Waals surface area (Å²) >= 11 is 1.73. The number of nitrogens with zero attached hydrogens (tertiary/aromatic N) is 1. The molecule has 1 saturated heterocycles. The van der Waals surface area contributed by atoms with Gasteiger partial charge in [-0.15, -0.1) is 11.3 Å². The molecule has 0 spiro atoms. The quantitative estimate of drug-likeness (QED) is 0.864. The molecule has 0 saturated carbocycles. The molecule has 1 fully saturated rings. The van der Waals surface area contributed by atoms with Gasteiger partial charge in [0.25, 0.3) is 0 Å². The van der Waals surface area contributed by atoms with E-state index < -0.39 is 0 Å². The number of hydrogen-bond acceptors (Lipinski definition) is 3. The summed E-state index contributed by atoms with van der Waals surface area (Å²) in [6.07, 6.45) is 1.65. The fourth-order valence-electron chi connectivity index (χ4n) is 2.28. The summed E-state index contributed by atoms with van der Waals surface area (Å²) in [5.41, 5.74) is 0. The molecule has 110 valence electrons. The van der Waals surface area contributed by atoms with Crippen molar-refractivity contribution in [3.63, 3.8) is 0 Å². The molecule has 20 heavy (non-hydrogen) atoms. The van der Waals surface area contributed by atoms with Gasteiger partial charge in [0, 0.05) is 25.0 Å². The molecule has 0 unspecified atom stereocenters. The third-order valence-electron chi connectivity index (χ3n) is 3.47. The smallest absolute Gasteiger partial charge is 0.315 e. The van der Waals surface area contributed by atoms with E-state index in [1.807, 2.05) is 6.07 Å². The number of urea groups is 1. The number of likely N-dealkylation sites (tertiary alicyclic amines) is 1. The normalized spacial score (nSPS) is 20.0. The van der Waals surface area contributed by atoms with E-state index in [2.05, 4.69) is 29.0 Å². The summed E-state index contributed by atoms with van der Waals surface area (Å²) < 4.78 is 0. The third-order valence-corrected chi connectivity index (χ3v) is 4.37. The van der Waals surface area contributed by atoms with Crippen LogP contribution in [0.1, 0.15) is 18.2 Å². The van der Waals surface area contributed by atoms with Gasteiger partial charge >= 0.3 is 6.03 Å². The van der Waals surface area contributed by atoms with E-state index in [4.69, 9.17) is 0 Å². The fourth-order valence-corrected chi connectivity index (χ4v) is 3.15. The molecule has 2 rings (SSSR count). The van der Waals surface area contributed by atoms with Gasteiger partial charge in [-0.05, 0) is 30.2 Å². The van der Waals surface area contributed by atoms with Crippen molar-refractivity contribution in [2.24, 2.45) is 5.92 Å². The number of thiophene rings is 1. The highest BCUT2D eigenvalue weighted by atomic mass is 32.1. The minimum Gasteiger partial charge on any atom is -0.344 e. The van der Waals surface area contributed by atoms with Crippen LogP contribution in [-0.4, -0.2) is 43.0 Å². The Morgan fingerprint density at radius 1 is 1.60 bits per heavy atom. The van der Waals surface area contributed by atoms with Gasteiger partial charge in [0.2, 0.25) is 5.91 Å². The van der Waals surface area contributed by atoms with Crippen LogP contribution >= 0.6 is 11.3 Å². The lowest BCUT2D eigenvalue weighted by molar-refractivity contribution is -0.128. The van der Waals surface area contributed by atoms with Crippen LogP contribution in [0.25, 0.3) is 0 Å². The van der Waals surface area contributed by atoms with E-state index in [0.717, 1.165) is 6.42 Å². The second-order valence-electron chi connectivity index (χ2n) is 5.34. The molecule has 5 nitrogen and oxygen atoms in total. The van der Waals surface area contributed by atoms with Crippen molar-refractivity contribution in [3.8, 4) is 0 Å². The monoisotopic (exact) mass is 295 g/mol. The van der Waals surface area contributed by atoms with Crippen LogP contribution in [0.3, 0.4) is 0 Å². The molecular formula is C14H21N3O2S. The number of amides is 3. The zero-order valence-corrected chi connectivity index (χ0v) is 12.7. The molecular weight excluding hydrogens is 274 g/mol. The largest absolute Gasteiger partial charge is 0.344 e. The molecule has 2 heterocycles. The van der Waals surface area contributed by atoms with Crippen molar-refractivity contribution in [1.82, 2.24) is 15.5 Å². The first-order valence-electron chi connectivity index (χ1n) is 6.88. The van der Waals surface area contributed by atoms with Crippen LogP contribution in [0.2, 0.25) is 0 Å². The first kappa shape index (κ1) is 14.8. The summed E-state index contributed by atoms with van der Waals surface area (Å²) in [5, 5.41) is 7.64. The van der Waals surface area contributed by atoms with Gasteiger partial charge in [0.05, 0.1) is 0 Å². The van der Waals surface area contributed by atoms with Gasteiger partial charge in [0.1, 0.15) is 6.04 Å². The lowest BCUT2D eigenvalue weighted by Gasteiger charge is -2.15. The van der Waals surface area contributed by atoms with Crippen molar-refractivity contribution in [3.05, 3.63) is 22.4 Å². The van der Waals surface area contributed by atoms with Gasteiger partial charge in [-0.3, -0.25) is 4.79 Å². The second kappa shape index (κ2) is 6.74. The maximum Gasteiger partial charge on any atom is 0.315 e. The molecule has 0 radical (unpaired) electrons. The summed E-state index contributed by atoms with van der Waals surface area (Å²) in [6.45, 7) is 3.42. The van der Waals surface area contributed by atoms with Crippen LogP contribution in [0.4, 0.5) is 4.79 Å². The van der Waals surface area contributed by atoms with Gasteiger partial charge in [0.15, 0.2) is 0 Å². The zero-order valence-electron chi connectivity index (χ0n) is 11.9. The van der Waals surface area contributed by atoms with Crippen LogP contribution in [0.5, 0.6) is 0 Å². The summed E-state index contributed by atoms with van der Waals surface area (Å²) in [4.78, 5) is 26.4. The molecule has 3 amide bonds. The van der Waals surface area contributed by atoms with Crippen molar-refractivity contribution in [1.29, 1.82) is 0 Å². The van der Waals surface area contributed by atoms with Crippen molar-refractivity contribution in [2.75, 3.05) is 20.1 Å². The average Bonchev–Trinajstić information content (AvgIpc) is 3.02. The Morgan fingerprint density at radius 3 is 3.00 bits per heavy atom. The maximum atomic E-state index is 11.8. The molecule has 2 N–H and O–H groups in total.